The molecule has 0 aromatic carbocycles. The number of pyridine rings is 1. The van der Waals surface area contributed by atoms with Crippen molar-refractivity contribution >= 4 is 12.2 Å². The van der Waals surface area contributed by atoms with Gasteiger partial charge in [0.1, 0.15) is 11.2 Å². The molecule has 7 nitrogen and oxygen atoms in total. The third kappa shape index (κ3) is 10.6. The molecule has 0 saturated carbocycles. The van der Waals surface area contributed by atoms with Gasteiger partial charge in [-0.3, -0.25) is 4.98 Å². The maximum absolute atomic E-state index is 12.1. The van der Waals surface area contributed by atoms with Crippen molar-refractivity contribution in [1.29, 1.82) is 0 Å². The summed E-state index contributed by atoms with van der Waals surface area (Å²) in [5.41, 5.74) is 6.89. The van der Waals surface area contributed by atoms with Crippen molar-refractivity contribution in [3.05, 3.63) is 29.6 Å². The number of aryl methyl sites for hydroxylation is 2. The summed E-state index contributed by atoms with van der Waals surface area (Å²) >= 11 is 0. The van der Waals surface area contributed by atoms with Gasteiger partial charge in [-0.05, 0) is 98.2 Å². The molecule has 0 unspecified atom stereocenters. The molecule has 0 fully saturated rings. The van der Waals surface area contributed by atoms with Gasteiger partial charge in [-0.1, -0.05) is 6.07 Å². The molecule has 170 valence electrons. The first-order valence-electron chi connectivity index (χ1n) is 10.8. The van der Waals surface area contributed by atoms with E-state index in [-0.39, 0.29) is 6.54 Å². The molecule has 0 radical (unpaired) electrons. The minimum absolute atomic E-state index is 0.237. The Labute approximate surface area is 181 Å². The number of imide groups is 1. The van der Waals surface area contributed by atoms with Gasteiger partial charge in [0.2, 0.25) is 0 Å². The van der Waals surface area contributed by atoms with Crippen LogP contribution < -0.4 is 5.73 Å². The largest absolute Gasteiger partial charge is 0.443 e. The quantitative estimate of drug-likeness (QED) is 0.698. The van der Waals surface area contributed by atoms with Gasteiger partial charge in [-0.15, -0.1) is 0 Å². The number of hydrogen-bond donors (Lipinski definition) is 1. The molecule has 1 aromatic heterocycles. The number of ether oxygens (including phenoxy) is 2. The highest BCUT2D eigenvalue weighted by atomic mass is 16.6. The van der Waals surface area contributed by atoms with Crippen molar-refractivity contribution in [1.82, 2.24) is 9.88 Å². The molecule has 0 bridgehead atoms. The summed E-state index contributed by atoms with van der Waals surface area (Å²) in [7, 11) is 0. The normalized spacial score (nSPS) is 13.4. The number of carbonyl (C=O) groups excluding carboxylic acids is 2. The van der Waals surface area contributed by atoms with E-state index in [4.69, 9.17) is 15.2 Å². The summed E-state index contributed by atoms with van der Waals surface area (Å²) in [6.45, 7) is 11.2. The van der Waals surface area contributed by atoms with Crippen LogP contribution in [0.2, 0.25) is 0 Å². The molecule has 30 heavy (non-hydrogen) atoms. The zero-order chi connectivity index (χ0) is 22.8. The molecular formula is C23H39N3O4. The lowest BCUT2D eigenvalue weighted by Gasteiger charge is -2.28. The maximum atomic E-state index is 12.1. The Bertz CT molecular complexity index is 625. The van der Waals surface area contributed by atoms with Gasteiger partial charge in [-0.25, -0.2) is 14.5 Å². The summed E-state index contributed by atoms with van der Waals surface area (Å²) in [5.74, 6) is 0. The number of rotatable bonds is 4. The second-order valence-corrected chi connectivity index (χ2v) is 9.42. The minimum atomic E-state index is -0.691. The van der Waals surface area contributed by atoms with E-state index in [0.29, 0.717) is 13.0 Å². The van der Waals surface area contributed by atoms with Crippen LogP contribution in [0.5, 0.6) is 0 Å². The minimum Gasteiger partial charge on any atom is -0.443 e. The molecular weight excluding hydrogens is 382 g/mol. The third-order valence-corrected chi connectivity index (χ3v) is 4.16. The summed E-state index contributed by atoms with van der Waals surface area (Å²) in [4.78, 5) is 29.4. The van der Waals surface area contributed by atoms with Crippen LogP contribution in [-0.4, -0.2) is 46.4 Å². The van der Waals surface area contributed by atoms with Crippen LogP contribution >= 0.6 is 0 Å². The number of carbonyl (C=O) groups is 2. The predicted octanol–water partition coefficient (Wildman–Crippen LogP) is 4.86. The number of amides is 2. The van der Waals surface area contributed by atoms with Crippen molar-refractivity contribution in [2.75, 3.05) is 13.1 Å². The molecule has 2 amide bonds. The Kier molecular flexibility index (Phi) is 10.3. The van der Waals surface area contributed by atoms with E-state index in [2.05, 4.69) is 11.1 Å². The highest BCUT2D eigenvalue weighted by molar-refractivity contribution is 5.88. The SMILES string of the molecule is CC(C)(C)OC(=O)N(CCCCN)C(=O)OC(C)(C)C.c1cnc2c(c1)CCCC2. The highest BCUT2D eigenvalue weighted by Gasteiger charge is 2.30. The summed E-state index contributed by atoms with van der Waals surface area (Å²) in [6, 6.07) is 4.23. The zero-order valence-electron chi connectivity index (χ0n) is 19.5. The lowest BCUT2D eigenvalue weighted by molar-refractivity contribution is 0.00123. The first-order valence-corrected chi connectivity index (χ1v) is 10.8. The maximum Gasteiger partial charge on any atom is 0.419 e. The van der Waals surface area contributed by atoms with E-state index in [1.165, 1.54) is 36.9 Å². The van der Waals surface area contributed by atoms with E-state index in [1.54, 1.807) is 41.5 Å². The van der Waals surface area contributed by atoms with Gasteiger partial charge >= 0.3 is 12.2 Å². The molecule has 0 aliphatic heterocycles. The van der Waals surface area contributed by atoms with Crippen molar-refractivity contribution in [3.63, 3.8) is 0 Å². The fourth-order valence-electron chi connectivity index (χ4n) is 2.84. The number of fused-ring (bicyclic) bond motifs is 1. The zero-order valence-corrected chi connectivity index (χ0v) is 19.5. The Morgan fingerprint density at radius 1 is 1.00 bits per heavy atom. The molecule has 2 N–H and O–H groups in total. The van der Waals surface area contributed by atoms with Crippen LogP contribution in [0.15, 0.2) is 18.3 Å². The van der Waals surface area contributed by atoms with Crippen molar-refractivity contribution in [2.24, 2.45) is 5.73 Å². The van der Waals surface area contributed by atoms with Crippen molar-refractivity contribution in [2.45, 2.75) is 91.3 Å². The lowest BCUT2D eigenvalue weighted by atomic mass is 9.96. The van der Waals surface area contributed by atoms with Gasteiger partial charge in [0.25, 0.3) is 0 Å². The molecule has 0 saturated heterocycles. The van der Waals surface area contributed by atoms with Crippen LogP contribution in [-0.2, 0) is 22.3 Å². The van der Waals surface area contributed by atoms with Crippen LogP contribution in [0.4, 0.5) is 9.59 Å². The molecule has 2 rings (SSSR count). The number of nitrogens with two attached hydrogens (primary N) is 1. The van der Waals surface area contributed by atoms with Gasteiger partial charge in [0.05, 0.1) is 0 Å². The molecule has 1 aromatic rings. The first-order chi connectivity index (χ1) is 13.9. The van der Waals surface area contributed by atoms with Gasteiger partial charge in [0.15, 0.2) is 0 Å². The smallest absolute Gasteiger partial charge is 0.419 e. The molecule has 1 aliphatic rings. The molecule has 0 spiro atoms. The van der Waals surface area contributed by atoms with E-state index in [1.807, 2.05) is 12.3 Å². The third-order valence-electron chi connectivity index (χ3n) is 4.16. The molecule has 7 heteroatoms. The Balaban J connectivity index is 0.000000367. The van der Waals surface area contributed by atoms with E-state index in [0.717, 1.165) is 11.3 Å². The standard InChI is InChI=1S/C14H28N2O4.C9H11N/c1-13(2,3)19-11(17)16(10-8-7-9-15)12(18)20-14(4,5)6;1-2-6-9-8(4-1)5-3-7-10-9/h7-10,15H2,1-6H3;3,5,7H,1-2,4,6H2. The summed E-state index contributed by atoms with van der Waals surface area (Å²) in [6.07, 6.45) is 6.95. The van der Waals surface area contributed by atoms with Crippen LogP contribution in [0.1, 0.15) is 78.5 Å². The Hall–Kier alpha value is -2.15. The fraction of sp³-hybridized carbons (Fsp3) is 0.696. The Morgan fingerprint density at radius 3 is 2.07 bits per heavy atom. The first kappa shape index (κ1) is 25.9. The summed E-state index contributed by atoms with van der Waals surface area (Å²) in [5, 5.41) is 0. The monoisotopic (exact) mass is 421 g/mol. The topological polar surface area (TPSA) is 94.8 Å². The van der Waals surface area contributed by atoms with Crippen LogP contribution in [0.25, 0.3) is 0 Å². The van der Waals surface area contributed by atoms with Gasteiger partial charge in [-0.2, -0.15) is 0 Å². The van der Waals surface area contributed by atoms with E-state index >= 15 is 0 Å². The molecule has 0 atom stereocenters. The lowest BCUT2D eigenvalue weighted by Crippen LogP contribution is -2.44. The van der Waals surface area contributed by atoms with E-state index < -0.39 is 23.4 Å². The number of aromatic nitrogens is 1. The average Bonchev–Trinajstić information content (AvgIpc) is 2.63. The second kappa shape index (κ2) is 11.9. The van der Waals surface area contributed by atoms with Gasteiger partial charge < -0.3 is 15.2 Å². The van der Waals surface area contributed by atoms with Crippen molar-refractivity contribution in [3.8, 4) is 0 Å². The van der Waals surface area contributed by atoms with E-state index in [9.17, 15) is 9.59 Å². The highest BCUT2D eigenvalue weighted by Crippen LogP contribution is 2.18. The number of hydrogen-bond acceptors (Lipinski definition) is 6. The predicted molar refractivity (Wildman–Crippen MR) is 118 cm³/mol. The Morgan fingerprint density at radius 2 is 1.57 bits per heavy atom. The number of unbranched alkanes of at least 4 members (excludes halogenated alkanes) is 1. The molecule has 1 heterocycles. The van der Waals surface area contributed by atoms with Crippen molar-refractivity contribution < 1.29 is 19.1 Å². The summed E-state index contributed by atoms with van der Waals surface area (Å²) < 4.78 is 10.4. The van der Waals surface area contributed by atoms with Crippen LogP contribution in [0.3, 0.4) is 0 Å². The van der Waals surface area contributed by atoms with Crippen LogP contribution in [0, 0.1) is 0 Å². The number of nitrogens with zero attached hydrogens (tertiary/aromatic N) is 2. The average molecular weight is 422 g/mol. The second-order valence-electron chi connectivity index (χ2n) is 9.42. The molecule has 1 aliphatic carbocycles. The fourth-order valence-corrected chi connectivity index (χ4v) is 2.84. The van der Waals surface area contributed by atoms with Gasteiger partial charge in [0, 0.05) is 18.4 Å².